The summed E-state index contributed by atoms with van der Waals surface area (Å²) >= 11 is 0. The van der Waals surface area contributed by atoms with Crippen LogP contribution < -0.4 is 10.2 Å². The lowest BCUT2D eigenvalue weighted by atomic mass is 9.99. The van der Waals surface area contributed by atoms with Crippen LogP contribution in [0.25, 0.3) is 0 Å². The van der Waals surface area contributed by atoms with Crippen molar-refractivity contribution in [2.75, 3.05) is 25.0 Å². The molecular formula is C14H20FN3. The van der Waals surface area contributed by atoms with E-state index in [0.717, 1.165) is 12.2 Å². The Hall–Kier alpha value is -1.60. The molecule has 1 rings (SSSR count). The maximum atomic E-state index is 13.1. The lowest BCUT2D eigenvalue weighted by molar-refractivity contribution is 0.432. The molecule has 18 heavy (non-hydrogen) atoms. The van der Waals surface area contributed by atoms with E-state index in [2.05, 4.69) is 11.4 Å². The van der Waals surface area contributed by atoms with Crippen LogP contribution in [0.1, 0.15) is 20.3 Å². The molecule has 98 valence electrons. The van der Waals surface area contributed by atoms with Crippen LogP contribution in [-0.2, 0) is 0 Å². The number of anilines is 1. The summed E-state index contributed by atoms with van der Waals surface area (Å²) in [5.74, 6) is -0.242. The summed E-state index contributed by atoms with van der Waals surface area (Å²) in [6.07, 6.45) is 0.685. The second-order valence-electron chi connectivity index (χ2n) is 4.63. The standard InChI is InChI=1S/C14H20FN3/c1-4-17-14(2,11-16)8-9-18(3)13-7-5-6-12(15)10-13/h5-7,10,17H,4,8-9H2,1-3H3. The van der Waals surface area contributed by atoms with Crippen molar-refractivity contribution >= 4 is 5.69 Å². The quantitative estimate of drug-likeness (QED) is 0.842. The van der Waals surface area contributed by atoms with Gasteiger partial charge in [0.1, 0.15) is 11.4 Å². The second kappa shape index (κ2) is 6.36. The third-order valence-electron chi connectivity index (χ3n) is 3.01. The number of hydrogen-bond acceptors (Lipinski definition) is 3. The van der Waals surface area contributed by atoms with Crippen LogP contribution in [0, 0.1) is 17.1 Å². The summed E-state index contributed by atoms with van der Waals surface area (Å²) in [6.45, 7) is 5.32. The van der Waals surface area contributed by atoms with Crippen LogP contribution in [0.15, 0.2) is 24.3 Å². The van der Waals surface area contributed by atoms with Gasteiger partial charge in [0.05, 0.1) is 6.07 Å². The van der Waals surface area contributed by atoms with E-state index in [-0.39, 0.29) is 5.82 Å². The Morgan fingerprint density at radius 3 is 2.78 bits per heavy atom. The number of nitriles is 1. The van der Waals surface area contributed by atoms with Gasteiger partial charge in [-0.15, -0.1) is 0 Å². The van der Waals surface area contributed by atoms with Gasteiger partial charge in [0.2, 0.25) is 0 Å². The van der Waals surface area contributed by atoms with Gasteiger partial charge in [0, 0.05) is 19.3 Å². The molecule has 0 aromatic heterocycles. The number of nitrogens with zero attached hydrogens (tertiary/aromatic N) is 2. The molecule has 3 nitrogen and oxygen atoms in total. The highest BCUT2D eigenvalue weighted by atomic mass is 19.1. The van der Waals surface area contributed by atoms with E-state index in [9.17, 15) is 4.39 Å². The molecule has 0 radical (unpaired) electrons. The van der Waals surface area contributed by atoms with E-state index in [1.165, 1.54) is 12.1 Å². The molecule has 0 fully saturated rings. The van der Waals surface area contributed by atoms with E-state index >= 15 is 0 Å². The molecule has 0 bridgehead atoms. The molecule has 0 aliphatic carbocycles. The lowest BCUT2D eigenvalue weighted by Crippen LogP contribution is -2.43. The average molecular weight is 249 g/mol. The minimum atomic E-state index is -0.531. The van der Waals surface area contributed by atoms with Gasteiger partial charge in [-0.3, -0.25) is 5.32 Å². The fourth-order valence-electron chi connectivity index (χ4n) is 1.81. The lowest BCUT2D eigenvalue weighted by Gasteiger charge is -2.27. The summed E-state index contributed by atoms with van der Waals surface area (Å²) in [5, 5.41) is 12.3. The van der Waals surface area contributed by atoms with Crippen LogP contribution in [0.4, 0.5) is 10.1 Å². The Kier molecular flexibility index (Phi) is 5.11. The van der Waals surface area contributed by atoms with Crippen LogP contribution in [0.2, 0.25) is 0 Å². The molecule has 1 unspecified atom stereocenters. The predicted octanol–water partition coefficient (Wildman–Crippen LogP) is 2.54. The molecule has 0 saturated heterocycles. The first kappa shape index (κ1) is 14.5. The van der Waals surface area contributed by atoms with E-state index in [1.807, 2.05) is 31.9 Å². The zero-order chi connectivity index (χ0) is 13.6. The minimum Gasteiger partial charge on any atom is -0.374 e. The van der Waals surface area contributed by atoms with Crippen molar-refractivity contribution in [1.29, 1.82) is 5.26 Å². The molecule has 0 aliphatic rings. The smallest absolute Gasteiger partial charge is 0.125 e. The van der Waals surface area contributed by atoms with Crippen molar-refractivity contribution in [2.45, 2.75) is 25.8 Å². The molecule has 0 amide bonds. The van der Waals surface area contributed by atoms with Gasteiger partial charge in [0.15, 0.2) is 0 Å². The zero-order valence-electron chi connectivity index (χ0n) is 11.2. The van der Waals surface area contributed by atoms with Gasteiger partial charge in [-0.05, 0) is 38.1 Å². The first-order chi connectivity index (χ1) is 8.50. The third-order valence-corrected chi connectivity index (χ3v) is 3.01. The van der Waals surface area contributed by atoms with Crippen LogP contribution in [0.5, 0.6) is 0 Å². The monoisotopic (exact) mass is 249 g/mol. The molecule has 1 atom stereocenters. The maximum absolute atomic E-state index is 13.1. The molecule has 0 heterocycles. The minimum absolute atomic E-state index is 0.242. The van der Waals surface area contributed by atoms with E-state index in [0.29, 0.717) is 13.0 Å². The molecule has 0 saturated carbocycles. The van der Waals surface area contributed by atoms with Crippen molar-refractivity contribution in [3.8, 4) is 6.07 Å². The number of hydrogen-bond donors (Lipinski definition) is 1. The zero-order valence-corrected chi connectivity index (χ0v) is 11.2. The van der Waals surface area contributed by atoms with Crippen LogP contribution >= 0.6 is 0 Å². The first-order valence-electron chi connectivity index (χ1n) is 6.14. The van der Waals surface area contributed by atoms with Gasteiger partial charge in [0.25, 0.3) is 0 Å². The highest BCUT2D eigenvalue weighted by Gasteiger charge is 2.22. The number of rotatable bonds is 6. The Bertz CT molecular complexity index is 427. The Balaban J connectivity index is 2.61. The van der Waals surface area contributed by atoms with Crippen molar-refractivity contribution in [3.05, 3.63) is 30.1 Å². The van der Waals surface area contributed by atoms with E-state index in [4.69, 9.17) is 5.26 Å². The van der Waals surface area contributed by atoms with Crippen molar-refractivity contribution in [2.24, 2.45) is 0 Å². The Morgan fingerprint density at radius 2 is 2.22 bits per heavy atom. The van der Waals surface area contributed by atoms with Crippen molar-refractivity contribution in [3.63, 3.8) is 0 Å². The molecule has 1 aromatic carbocycles. The second-order valence-corrected chi connectivity index (χ2v) is 4.63. The Labute approximate surface area is 108 Å². The van der Waals surface area contributed by atoms with Crippen molar-refractivity contribution in [1.82, 2.24) is 5.32 Å². The summed E-state index contributed by atoms with van der Waals surface area (Å²) in [4.78, 5) is 1.95. The summed E-state index contributed by atoms with van der Waals surface area (Å²) in [7, 11) is 1.90. The van der Waals surface area contributed by atoms with Crippen LogP contribution in [0.3, 0.4) is 0 Å². The fraction of sp³-hybridized carbons (Fsp3) is 0.500. The fourth-order valence-corrected chi connectivity index (χ4v) is 1.81. The number of nitrogens with one attached hydrogen (secondary N) is 1. The first-order valence-corrected chi connectivity index (χ1v) is 6.14. The topological polar surface area (TPSA) is 39.1 Å². The molecule has 0 aliphatic heterocycles. The van der Waals surface area contributed by atoms with Crippen LogP contribution in [-0.4, -0.2) is 25.7 Å². The predicted molar refractivity (Wildman–Crippen MR) is 72.0 cm³/mol. The normalized spacial score (nSPS) is 13.7. The van der Waals surface area contributed by atoms with Crippen molar-refractivity contribution < 1.29 is 4.39 Å². The number of benzene rings is 1. The molecule has 1 aromatic rings. The van der Waals surface area contributed by atoms with Gasteiger partial charge < -0.3 is 4.90 Å². The van der Waals surface area contributed by atoms with E-state index in [1.54, 1.807) is 6.07 Å². The summed E-state index contributed by atoms with van der Waals surface area (Å²) < 4.78 is 13.1. The highest BCUT2D eigenvalue weighted by molar-refractivity contribution is 5.45. The maximum Gasteiger partial charge on any atom is 0.125 e. The average Bonchev–Trinajstić information content (AvgIpc) is 2.36. The molecule has 4 heteroatoms. The van der Waals surface area contributed by atoms with Gasteiger partial charge in [-0.1, -0.05) is 13.0 Å². The highest BCUT2D eigenvalue weighted by Crippen LogP contribution is 2.16. The summed E-state index contributed by atoms with van der Waals surface area (Å²) in [5.41, 5.74) is 0.294. The van der Waals surface area contributed by atoms with Gasteiger partial charge >= 0.3 is 0 Å². The molecule has 1 N–H and O–H groups in total. The van der Waals surface area contributed by atoms with Gasteiger partial charge in [-0.2, -0.15) is 5.26 Å². The summed E-state index contributed by atoms with van der Waals surface area (Å²) in [6, 6.07) is 8.76. The Morgan fingerprint density at radius 1 is 1.50 bits per heavy atom. The number of halogens is 1. The van der Waals surface area contributed by atoms with Gasteiger partial charge in [-0.25, -0.2) is 4.39 Å². The largest absolute Gasteiger partial charge is 0.374 e. The SMILES string of the molecule is CCNC(C)(C#N)CCN(C)c1cccc(F)c1. The third kappa shape index (κ3) is 4.01. The molecule has 0 spiro atoms. The molecular weight excluding hydrogens is 229 g/mol. The van der Waals surface area contributed by atoms with E-state index < -0.39 is 5.54 Å².